The number of methoxy groups -OCH3 is 1. The second kappa shape index (κ2) is 8.71. The summed E-state index contributed by atoms with van der Waals surface area (Å²) in [7, 11) is -2.00. The summed E-state index contributed by atoms with van der Waals surface area (Å²) >= 11 is -1.77. The number of hydrogen-bond donors (Lipinski definition) is 1. The summed E-state index contributed by atoms with van der Waals surface area (Å²) in [5, 5.41) is 0. The van der Waals surface area contributed by atoms with Crippen LogP contribution in [0.4, 0.5) is 0 Å². The maximum absolute atomic E-state index is 12.0. The molecule has 0 heterocycles. The third kappa shape index (κ3) is 6.30. The van der Waals surface area contributed by atoms with Crippen molar-refractivity contribution in [2.24, 2.45) is 0 Å². The van der Waals surface area contributed by atoms with Gasteiger partial charge in [0.1, 0.15) is 0 Å². The van der Waals surface area contributed by atoms with E-state index in [9.17, 15) is 13.2 Å². The van der Waals surface area contributed by atoms with E-state index >= 15 is 0 Å². The molecule has 1 atom stereocenters. The summed E-state index contributed by atoms with van der Waals surface area (Å²) in [5.74, 6) is -0.272. The standard InChI is InChI=1S/C10H14NO3S.C2H4O2.Hg/c1-9(14-2)8-11-15(12,13)10-6-4-3-5-7-10;1-2(3)4;/h3-7,9,11H,1,8H2,2H3;1H3,(H,3,4);/q;;+1/p-1. The van der Waals surface area contributed by atoms with Gasteiger partial charge in [-0.15, -0.1) is 0 Å². The summed E-state index contributed by atoms with van der Waals surface area (Å²) in [5.41, 5.74) is 0. The van der Waals surface area contributed by atoms with E-state index in [2.05, 4.69) is 4.72 Å². The van der Waals surface area contributed by atoms with Crippen molar-refractivity contribution in [1.82, 2.24) is 4.72 Å². The summed E-state index contributed by atoms with van der Waals surface area (Å²) in [6.07, 6.45) is -0.255. The molecule has 0 fully saturated rings. The first-order chi connectivity index (χ1) is 9.45. The molecule has 0 spiro atoms. The Labute approximate surface area is 132 Å². The predicted molar refractivity (Wildman–Crippen MR) is 69.0 cm³/mol. The van der Waals surface area contributed by atoms with Gasteiger partial charge in [-0.25, -0.2) is 0 Å². The Bertz CT molecular complexity index is 520. The molecule has 1 N–H and O–H groups in total. The van der Waals surface area contributed by atoms with Crippen molar-refractivity contribution >= 4 is 16.0 Å². The summed E-state index contributed by atoms with van der Waals surface area (Å²) < 4.78 is 37.4. The minimum atomic E-state index is -3.52. The molecule has 8 heteroatoms. The molecule has 0 saturated heterocycles. The van der Waals surface area contributed by atoms with E-state index < -0.39 is 35.1 Å². The molecule has 1 unspecified atom stereocenters. The Morgan fingerprint density at radius 2 is 2.00 bits per heavy atom. The van der Waals surface area contributed by atoms with Crippen LogP contribution in [0.15, 0.2) is 35.2 Å². The summed E-state index contributed by atoms with van der Waals surface area (Å²) in [6.45, 7) is 1.55. The number of rotatable bonds is 8. The van der Waals surface area contributed by atoms with Gasteiger partial charge in [-0.2, -0.15) is 0 Å². The average Bonchev–Trinajstić information content (AvgIpc) is 2.43. The van der Waals surface area contributed by atoms with Crippen LogP contribution >= 0.6 is 0 Å². The molecule has 108 valence electrons. The van der Waals surface area contributed by atoms with E-state index in [-0.39, 0.29) is 23.5 Å². The SMILES string of the molecule is COC(CNS(=O)(=O)c1ccccc1)[CH2][Hg][O]C(C)=O. The monoisotopic (exact) mass is 489 g/mol. The van der Waals surface area contributed by atoms with Crippen LogP contribution in [0.1, 0.15) is 6.92 Å². The third-order valence-electron chi connectivity index (χ3n) is 2.63. The zero-order valence-corrected chi connectivity index (χ0v) is 17.8. The first-order valence-corrected chi connectivity index (χ1v) is 13.8. The van der Waals surface area contributed by atoms with Crippen molar-refractivity contribution in [2.45, 2.75) is 21.9 Å². The van der Waals surface area contributed by atoms with Gasteiger partial charge in [-0.1, -0.05) is 0 Å². The molecule has 0 radical (unpaired) electrons. The zero-order valence-electron chi connectivity index (χ0n) is 11.5. The fourth-order valence-electron chi connectivity index (χ4n) is 1.52. The van der Waals surface area contributed by atoms with Crippen molar-refractivity contribution < 1.29 is 45.6 Å². The predicted octanol–water partition coefficient (Wildman–Crippen LogP) is 0.959. The first kappa shape index (κ1) is 17.5. The second-order valence-electron chi connectivity index (χ2n) is 4.15. The number of ether oxygens (including phenoxy) is 1. The van der Waals surface area contributed by atoms with Crippen LogP contribution in [0.2, 0.25) is 3.93 Å². The number of carbonyl (C=O) groups excluding carboxylic acids is 1. The van der Waals surface area contributed by atoms with Gasteiger partial charge in [0.2, 0.25) is 0 Å². The molecule has 0 aliphatic carbocycles. The average molecular weight is 488 g/mol. The second-order valence-corrected chi connectivity index (χ2v) is 10.9. The summed E-state index contributed by atoms with van der Waals surface area (Å²) in [6, 6.07) is 8.15. The van der Waals surface area contributed by atoms with Gasteiger partial charge >= 0.3 is 132 Å². The number of benzene rings is 1. The number of sulfonamides is 1. The molecule has 1 aromatic carbocycles. The molecule has 6 nitrogen and oxygen atoms in total. The molecule has 1 rings (SSSR count). The van der Waals surface area contributed by atoms with Crippen molar-refractivity contribution in [2.75, 3.05) is 13.7 Å². The zero-order chi connectivity index (χ0) is 15.0. The van der Waals surface area contributed by atoms with E-state index in [1.165, 1.54) is 26.2 Å². The molecule has 0 bridgehead atoms. The van der Waals surface area contributed by atoms with Gasteiger partial charge in [0.15, 0.2) is 0 Å². The topological polar surface area (TPSA) is 81.7 Å². The molecule has 0 aromatic heterocycles. The van der Waals surface area contributed by atoms with Crippen LogP contribution in [-0.4, -0.2) is 34.1 Å². The third-order valence-corrected chi connectivity index (χ3v) is 9.87. The quantitative estimate of drug-likeness (QED) is 0.552. The number of hydrogen-bond acceptors (Lipinski definition) is 5. The van der Waals surface area contributed by atoms with Crippen LogP contribution in [0.25, 0.3) is 0 Å². The van der Waals surface area contributed by atoms with Crippen LogP contribution in [0.3, 0.4) is 0 Å². The van der Waals surface area contributed by atoms with Gasteiger partial charge in [0.05, 0.1) is 0 Å². The van der Waals surface area contributed by atoms with Crippen molar-refractivity contribution in [3.05, 3.63) is 30.3 Å². The number of carbonyl (C=O) groups is 1. The molecule has 0 amide bonds. The van der Waals surface area contributed by atoms with Crippen LogP contribution in [0.5, 0.6) is 0 Å². The molecular weight excluding hydrogens is 471 g/mol. The van der Waals surface area contributed by atoms with Crippen molar-refractivity contribution in [3.63, 3.8) is 0 Å². The Balaban J connectivity index is 2.49. The van der Waals surface area contributed by atoms with Gasteiger partial charge < -0.3 is 0 Å². The Kier molecular flexibility index (Phi) is 7.64. The van der Waals surface area contributed by atoms with Gasteiger partial charge in [0.25, 0.3) is 0 Å². The van der Waals surface area contributed by atoms with Crippen LogP contribution < -0.4 is 4.72 Å². The fraction of sp³-hybridized carbons (Fsp3) is 0.417. The first-order valence-electron chi connectivity index (χ1n) is 6.16. The fourth-order valence-corrected chi connectivity index (χ4v) is 6.92. The Hall–Kier alpha value is -0.505. The Morgan fingerprint density at radius 3 is 2.55 bits per heavy atom. The van der Waals surface area contributed by atoms with E-state index in [1.54, 1.807) is 18.2 Å². The normalized spacial score (nSPS) is 12.5. The van der Waals surface area contributed by atoms with Crippen molar-refractivity contribution in [3.8, 4) is 0 Å². The molecule has 0 aliphatic heterocycles. The molecule has 0 aliphatic rings. The molecule has 0 saturated carbocycles. The van der Waals surface area contributed by atoms with Crippen molar-refractivity contribution in [1.29, 1.82) is 0 Å². The maximum atomic E-state index is 12.0. The van der Waals surface area contributed by atoms with Crippen LogP contribution in [-0.2, 0) is 47.2 Å². The van der Waals surface area contributed by atoms with Gasteiger partial charge in [-0.3, -0.25) is 0 Å². The molecule has 1 aromatic rings. The van der Waals surface area contributed by atoms with E-state index in [1.807, 2.05) is 0 Å². The van der Waals surface area contributed by atoms with Gasteiger partial charge in [-0.05, 0) is 0 Å². The van der Waals surface area contributed by atoms with E-state index in [0.29, 0.717) is 3.93 Å². The summed E-state index contributed by atoms with van der Waals surface area (Å²) in [4.78, 5) is 10.9. The van der Waals surface area contributed by atoms with Crippen LogP contribution in [0, 0.1) is 0 Å². The van der Waals surface area contributed by atoms with E-state index in [4.69, 9.17) is 7.38 Å². The minimum absolute atomic E-state index is 0.176. The molecular formula is C12H17HgNO5S. The van der Waals surface area contributed by atoms with Gasteiger partial charge in [0, 0.05) is 0 Å². The van der Waals surface area contributed by atoms with E-state index in [0.717, 1.165) is 0 Å². The Morgan fingerprint density at radius 1 is 1.35 bits per heavy atom. The molecule has 20 heavy (non-hydrogen) atoms. The number of nitrogens with one attached hydrogen (secondary N) is 1.